The average Bonchev–Trinajstić information content (AvgIpc) is 3.14. The number of nitro groups is 1. The van der Waals surface area contributed by atoms with E-state index in [0.717, 1.165) is 5.56 Å². The van der Waals surface area contributed by atoms with Gasteiger partial charge in [0, 0.05) is 5.56 Å². The highest BCUT2D eigenvalue weighted by molar-refractivity contribution is 7.17. The van der Waals surface area contributed by atoms with Crippen molar-refractivity contribution in [1.29, 1.82) is 0 Å². The maximum atomic E-state index is 12.4. The molecule has 0 aliphatic carbocycles. The van der Waals surface area contributed by atoms with Gasteiger partial charge in [-0.2, -0.15) is 0 Å². The molecular weight excluding hydrogens is 410 g/mol. The number of nitrogens with one attached hydrogen (secondary N) is 1. The van der Waals surface area contributed by atoms with Crippen LogP contribution in [0, 0.1) is 17.0 Å². The first-order valence-corrected chi connectivity index (χ1v) is 9.53. The predicted octanol–water partition coefficient (Wildman–Crippen LogP) is 3.83. The van der Waals surface area contributed by atoms with Gasteiger partial charge >= 0.3 is 5.97 Å². The van der Waals surface area contributed by atoms with Crippen LogP contribution in [-0.2, 0) is 9.53 Å². The number of hydrogen-bond acceptors (Lipinski definition) is 8. The molecule has 0 bridgehead atoms. The van der Waals surface area contributed by atoms with Crippen molar-refractivity contribution < 1.29 is 24.0 Å². The standard InChI is InChI=1S/C20H17N3O6S/c1-12-18(30-19(21-12)13-6-4-3-5-7-13)20(25)29-11-17(24)22-15-9-8-14(28-2)10-16(15)23(26)27/h3-10H,11H2,1-2H3,(H,22,24). The first kappa shape index (κ1) is 20.9. The van der Waals surface area contributed by atoms with Crippen LogP contribution in [0.5, 0.6) is 5.75 Å². The van der Waals surface area contributed by atoms with Gasteiger partial charge in [-0.3, -0.25) is 14.9 Å². The maximum absolute atomic E-state index is 12.4. The molecule has 0 saturated heterocycles. The number of carbonyl (C=O) groups is 2. The fraction of sp³-hybridized carbons (Fsp3) is 0.150. The number of aromatic nitrogens is 1. The summed E-state index contributed by atoms with van der Waals surface area (Å²) < 4.78 is 10.0. The number of nitro benzene ring substituents is 1. The summed E-state index contributed by atoms with van der Waals surface area (Å²) in [5, 5.41) is 14.2. The van der Waals surface area contributed by atoms with Gasteiger partial charge in [-0.1, -0.05) is 30.3 Å². The molecule has 1 N–H and O–H groups in total. The van der Waals surface area contributed by atoms with Crippen molar-refractivity contribution >= 4 is 34.6 Å². The molecule has 3 aromatic rings. The Balaban J connectivity index is 1.65. The zero-order valence-electron chi connectivity index (χ0n) is 16.1. The van der Waals surface area contributed by atoms with Crippen LogP contribution in [0.3, 0.4) is 0 Å². The van der Waals surface area contributed by atoms with E-state index in [2.05, 4.69) is 10.3 Å². The van der Waals surface area contributed by atoms with Crippen LogP contribution in [-0.4, -0.2) is 35.5 Å². The number of nitrogens with zero attached hydrogens (tertiary/aromatic N) is 2. The van der Waals surface area contributed by atoms with Crippen molar-refractivity contribution in [2.75, 3.05) is 19.0 Å². The molecule has 154 valence electrons. The second-order valence-corrected chi connectivity index (χ2v) is 7.06. The van der Waals surface area contributed by atoms with E-state index in [-0.39, 0.29) is 22.0 Å². The van der Waals surface area contributed by atoms with Gasteiger partial charge in [-0.05, 0) is 19.1 Å². The molecule has 0 aliphatic heterocycles. The summed E-state index contributed by atoms with van der Waals surface area (Å²) in [6.45, 7) is 1.08. The van der Waals surface area contributed by atoms with Gasteiger partial charge < -0.3 is 14.8 Å². The van der Waals surface area contributed by atoms with Crippen LogP contribution in [0.15, 0.2) is 48.5 Å². The average molecular weight is 427 g/mol. The summed E-state index contributed by atoms with van der Waals surface area (Å²) in [6, 6.07) is 13.4. The van der Waals surface area contributed by atoms with Crippen molar-refractivity contribution in [2.24, 2.45) is 0 Å². The Morgan fingerprint density at radius 1 is 1.20 bits per heavy atom. The third kappa shape index (κ3) is 4.78. The molecule has 0 atom stereocenters. The number of carbonyl (C=O) groups excluding carboxylic acids is 2. The van der Waals surface area contributed by atoms with Crippen molar-refractivity contribution in [1.82, 2.24) is 4.98 Å². The minimum atomic E-state index is -0.706. The lowest BCUT2D eigenvalue weighted by molar-refractivity contribution is -0.384. The molecule has 1 amide bonds. The van der Waals surface area contributed by atoms with E-state index in [1.54, 1.807) is 6.92 Å². The number of methoxy groups -OCH3 is 1. The first-order valence-electron chi connectivity index (χ1n) is 8.71. The second kappa shape index (κ2) is 9.14. The van der Waals surface area contributed by atoms with Gasteiger partial charge in [0.05, 0.1) is 23.8 Å². The molecule has 10 heteroatoms. The third-order valence-electron chi connectivity index (χ3n) is 4.01. The highest BCUT2D eigenvalue weighted by Crippen LogP contribution is 2.30. The fourth-order valence-corrected chi connectivity index (χ4v) is 3.53. The largest absolute Gasteiger partial charge is 0.496 e. The summed E-state index contributed by atoms with van der Waals surface area (Å²) in [6.07, 6.45) is 0. The summed E-state index contributed by atoms with van der Waals surface area (Å²) in [7, 11) is 1.38. The van der Waals surface area contributed by atoms with Crippen LogP contribution < -0.4 is 10.1 Å². The summed E-state index contributed by atoms with van der Waals surface area (Å²) in [5.41, 5.74) is 1.01. The smallest absolute Gasteiger partial charge is 0.350 e. The Hall–Kier alpha value is -3.79. The molecule has 1 heterocycles. The van der Waals surface area contributed by atoms with Crippen LogP contribution >= 0.6 is 11.3 Å². The molecule has 0 fully saturated rings. The fourth-order valence-electron chi connectivity index (χ4n) is 2.57. The molecule has 30 heavy (non-hydrogen) atoms. The van der Waals surface area contributed by atoms with Crippen LogP contribution in [0.2, 0.25) is 0 Å². The Kier molecular flexibility index (Phi) is 6.38. The normalized spacial score (nSPS) is 10.3. The summed E-state index contributed by atoms with van der Waals surface area (Å²) in [5.74, 6) is -1.12. The van der Waals surface area contributed by atoms with E-state index in [4.69, 9.17) is 9.47 Å². The van der Waals surface area contributed by atoms with Crippen LogP contribution in [0.25, 0.3) is 10.6 Å². The van der Waals surface area contributed by atoms with Gasteiger partial charge in [0.15, 0.2) is 6.61 Å². The van der Waals surface area contributed by atoms with Crippen LogP contribution in [0.4, 0.5) is 11.4 Å². The topological polar surface area (TPSA) is 121 Å². The lowest BCUT2D eigenvalue weighted by Crippen LogP contribution is -2.21. The number of thiazole rings is 1. The summed E-state index contributed by atoms with van der Waals surface area (Å²) in [4.78, 5) is 39.7. The minimum absolute atomic E-state index is 0.0258. The van der Waals surface area contributed by atoms with Crippen molar-refractivity contribution in [2.45, 2.75) is 6.92 Å². The number of rotatable bonds is 7. The predicted molar refractivity (Wildman–Crippen MR) is 111 cm³/mol. The van der Waals surface area contributed by atoms with E-state index < -0.39 is 23.4 Å². The third-order valence-corrected chi connectivity index (χ3v) is 5.20. The zero-order valence-corrected chi connectivity index (χ0v) is 16.9. The molecule has 0 unspecified atom stereocenters. The molecule has 0 radical (unpaired) electrons. The van der Waals surface area contributed by atoms with Gasteiger partial charge in [0.25, 0.3) is 11.6 Å². The van der Waals surface area contributed by atoms with E-state index in [0.29, 0.717) is 10.7 Å². The summed E-state index contributed by atoms with van der Waals surface area (Å²) >= 11 is 1.17. The highest BCUT2D eigenvalue weighted by atomic mass is 32.1. The molecule has 0 spiro atoms. The molecule has 0 saturated carbocycles. The highest BCUT2D eigenvalue weighted by Gasteiger charge is 2.21. The Labute approximate surface area is 175 Å². The van der Waals surface area contributed by atoms with Gasteiger partial charge in [-0.25, -0.2) is 9.78 Å². The first-order chi connectivity index (χ1) is 14.4. The number of aryl methyl sites for hydroxylation is 1. The molecular formula is C20H17N3O6S. The Morgan fingerprint density at radius 2 is 1.93 bits per heavy atom. The van der Waals surface area contributed by atoms with Crippen molar-refractivity contribution in [3.05, 3.63) is 69.2 Å². The molecule has 1 aromatic heterocycles. The zero-order chi connectivity index (χ0) is 21.7. The maximum Gasteiger partial charge on any atom is 0.350 e. The number of anilines is 1. The number of ether oxygens (including phenoxy) is 2. The Morgan fingerprint density at radius 3 is 2.60 bits per heavy atom. The lowest BCUT2D eigenvalue weighted by atomic mass is 10.2. The van der Waals surface area contributed by atoms with E-state index in [1.807, 2.05) is 30.3 Å². The van der Waals surface area contributed by atoms with E-state index in [9.17, 15) is 19.7 Å². The quantitative estimate of drug-likeness (QED) is 0.345. The number of amides is 1. The van der Waals surface area contributed by atoms with Crippen molar-refractivity contribution in [3.8, 4) is 16.3 Å². The van der Waals surface area contributed by atoms with Gasteiger partial charge in [0.2, 0.25) is 0 Å². The van der Waals surface area contributed by atoms with Crippen LogP contribution in [0.1, 0.15) is 15.4 Å². The molecule has 3 rings (SSSR count). The SMILES string of the molecule is COc1ccc(NC(=O)COC(=O)c2sc(-c3ccccc3)nc2C)c([N+](=O)[O-])c1. The number of hydrogen-bond donors (Lipinski definition) is 1. The van der Waals surface area contributed by atoms with Crippen molar-refractivity contribution in [3.63, 3.8) is 0 Å². The second-order valence-electron chi connectivity index (χ2n) is 6.06. The molecule has 9 nitrogen and oxygen atoms in total. The van der Waals surface area contributed by atoms with E-state index >= 15 is 0 Å². The number of esters is 1. The monoisotopic (exact) mass is 427 g/mol. The van der Waals surface area contributed by atoms with Gasteiger partial charge in [0.1, 0.15) is 21.3 Å². The van der Waals surface area contributed by atoms with E-state index in [1.165, 1.54) is 36.6 Å². The minimum Gasteiger partial charge on any atom is -0.496 e. The molecule has 0 aliphatic rings. The Bertz CT molecular complexity index is 1100. The van der Waals surface area contributed by atoms with Gasteiger partial charge in [-0.15, -0.1) is 11.3 Å². The number of benzene rings is 2. The lowest BCUT2D eigenvalue weighted by Gasteiger charge is -2.08. The molecule has 2 aromatic carbocycles.